The molecule has 3 N–H and O–H groups in total. The monoisotopic (exact) mass is 535 g/mol. The van der Waals surface area contributed by atoms with Crippen LogP contribution in [0.4, 0.5) is 24.7 Å². The Morgan fingerprint density at radius 3 is 2.56 bits per heavy atom. The molecule has 0 bridgehead atoms. The highest BCUT2D eigenvalue weighted by Crippen LogP contribution is 2.40. The first-order valence-electron chi connectivity index (χ1n) is 13.6. The molecular formula is C30H32F3N5O. The number of nitrogens with two attached hydrogens (primary N) is 1. The van der Waals surface area contributed by atoms with E-state index in [1.54, 1.807) is 6.07 Å². The summed E-state index contributed by atoms with van der Waals surface area (Å²) in [6, 6.07) is 5.31. The highest BCUT2D eigenvalue weighted by Gasteiger charge is 2.34. The lowest BCUT2D eigenvalue weighted by atomic mass is 9.90. The molecular weight excluding hydrogens is 503 g/mol. The minimum Gasteiger partial charge on any atom is -0.399 e. The van der Waals surface area contributed by atoms with E-state index in [0.29, 0.717) is 23.8 Å². The second-order valence-corrected chi connectivity index (χ2v) is 11.0. The number of nitrogens with one attached hydrogen (secondary N) is 1. The summed E-state index contributed by atoms with van der Waals surface area (Å²) in [5.41, 5.74) is 11.4. The Morgan fingerprint density at radius 2 is 1.87 bits per heavy atom. The molecule has 2 aliphatic carbocycles. The number of nitrogen functional groups attached to an aromatic ring is 1. The fourth-order valence-corrected chi connectivity index (χ4v) is 5.96. The Bertz CT molecular complexity index is 1510. The summed E-state index contributed by atoms with van der Waals surface area (Å²) in [5, 5.41) is 4.23. The van der Waals surface area contributed by atoms with Gasteiger partial charge in [0.2, 0.25) is 5.91 Å². The first-order valence-corrected chi connectivity index (χ1v) is 13.6. The van der Waals surface area contributed by atoms with E-state index in [9.17, 15) is 18.0 Å². The summed E-state index contributed by atoms with van der Waals surface area (Å²) in [7, 11) is 0. The first kappa shape index (κ1) is 25.6. The summed E-state index contributed by atoms with van der Waals surface area (Å²) in [5.74, 6) is 1.69. The normalized spacial score (nSPS) is 18.2. The number of nitrogens with zero attached hydrogens (tertiary/aromatic N) is 3. The number of alkyl halides is 3. The molecule has 204 valence electrons. The van der Waals surface area contributed by atoms with Crippen LogP contribution in [0.2, 0.25) is 0 Å². The SMILES string of the molecule is Cc1nc(NC(C)c2cc(N)cc(C(F)(F)F)c2)c2cc(C3=CCN(C(=O)C4CC4)CC3)c3c(c2n1)CCC3. The fraction of sp³-hybridized carbons (Fsp3) is 0.433. The van der Waals surface area contributed by atoms with Crippen LogP contribution in [0.1, 0.15) is 72.3 Å². The van der Waals surface area contributed by atoms with Crippen LogP contribution < -0.4 is 11.1 Å². The van der Waals surface area contributed by atoms with Crippen LogP contribution >= 0.6 is 0 Å². The molecule has 2 heterocycles. The van der Waals surface area contributed by atoms with Crippen LogP contribution in [0.25, 0.3) is 16.5 Å². The van der Waals surface area contributed by atoms with Gasteiger partial charge in [0.1, 0.15) is 11.6 Å². The van der Waals surface area contributed by atoms with E-state index >= 15 is 0 Å². The molecule has 1 saturated carbocycles. The van der Waals surface area contributed by atoms with E-state index < -0.39 is 17.8 Å². The van der Waals surface area contributed by atoms with Gasteiger partial charge in [0.05, 0.1) is 17.1 Å². The predicted octanol–water partition coefficient (Wildman–Crippen LogP) is 6.23. The number of fused-ring (bicyclic) bond motifs is 3. The summed E-state index contributed by atoms with van der Waals surface area (Å²) >= 11 is 0. The maximum Gasteiger partial charge on any atom is 0.416 e. The number of carbonyl (C=O) groups excluding carboxylic acids is 1. The van der Waals surface area contributed by atoms with Crippen LogP contribution in [0, 0.1) is 12.8 Å². The number of benzene rings is 2. The highest BCUT2D eigenvalue weighted by atomic mass is 19.4. The van der Waals surface area contributed by atoms with Crippen LogP contribution in [-0.2, 0) is 23.8 Å². The number of aryl methyl sites for hydroxylation is 2. The number of anilines is 2. The second-order valence-electron chi connectivity index (χ2n) is 11.0. The Hall–Kier alpha value is -3.62. The molecule has 1 atom stereocenters. The number of hydrogen-bond acceptors (Lipinski definition) is 5. The number of amides is 1. The molecule has 0 radical (unpaired) electrons. The molecule has 39 heavy (non-hydrogen) atoms. The highest BCUT2D eigenvalue weighted by molar-refractivity contribution is 5.96. The third kappa shape index (κ3) is 4.94. The third-order valence-corrected chi connectivity index (χ3v) is 8.13. The number of halogens is 3. The van der Waals surface area contributed by atoms with Gasteiger partial charge in [0.15, 0.2) is 0 Å². The lowest BCUT2D eigenvalue weighted by molar-refractivity contribution is -0.137. The van der Waals surface area contributed by atoms with Gasteiger partial charge in [-0.25, -0.2) is 9.97 Å². The van der Waals surface area contributed by atoms with Gasteiger partial charge in [0, 0.05) is 30.1 Å². The number of carbonyl (C=O) groups is 1. The molecule has 1 unspecified atom stereocenters. The smallest absolute Gasteiger partial charge is 0.399 e. The van der Waals surface area contributed by atoms with Crippen LogP contribution in [0.5, 0.6) is 0 Å². The van der Waals surface area contributed by atoms with Crippen molar-refractivity contribution in [3.63, 3.8) is 0 Å². The van der Waals surface area contributed by atoms with Gasteiger partial charge in [-0.05, 0) is 104 Å². The zero-order chi connectivity index (χ0) is 27.5. The van der Waals surface area contributed by atoms with Gasteiger partial charge in [-0.2, -0.15) is 13.2 Å². The summed E-state index contributed by atoms with van der Waals surface area (Å²) < 4.78 is 40.3. The number of rotatable bonds is 5. The molecule has 0 spiro atoms. The fourth-order valence-electron chi connectivity index (χ4n) is 5.96. The second kappa shape index (κ2) is 9.54. The maximum absolute atomic E-state index is 13.4. The molecule has 1 amide bonds. The predicted molar refractivity (Wildman–Crippen MR) is 146 cm³/mol. The summed E-state index contributed by atoms with van der Waals surface area (Å²) in [6.45, 7) is 4.99. The van der Waals surface area contributed by atoms with Crippen molar-refractivity contribution in [3.8, 4) is 0 Å². The molecule has 2 aromatic carbocycles. The van der Waals surface area contributed by atoms with E-state index in [1.807, 2.05) is 18.7 Å². The Kier molecular flexibility index (Phi) is 6.27. The lowest BCUT2D eigenvalue weighted by Crippen LogP contribution is -2.35. The van der Waals surface area contributed by atoms with E-state index in [2.05, 4.69) is 22.4 Å². The molecule has 6 rings (SSSR count). The molecule has 1 fully saturated rings. The van der Waals surface area contributed by atoms with Crippen molar-refractivity contribution in [2.24, 2.45) is 5.92 Å². The van der Waals surface area contributed by atoms with Gasteiger partial charge in [0.25, 0.3) is 0 Å². The van der Waals surface area contributed by atoms with Crippen molar-refractivity contribution in [1.82, 2.24) is 14.9 Å². The van der Waals surface area contributed by atoms with Crippen LogP contribution in [0.3, 0.4) is 0 Å². The Labute approximate surface area is 225 Å². The van der Waals surface area contributed by atoms with Crippen molar-refractivity contribution >= 4 is 33.9 Å². The molecule has 3 aromatic rings. The minimum absolute atomic E-state index is 0.0655. The van der Waals surface area contributed by atoms with Crippen molar-refractivity contribution < 1.29 is 18.0 Å². The third-order valence-electron chi connectivity index (χ3n) is 8.13. The van der Waals surface area contributed by atoms with Gasteiger partial charge in [-0.15, -0.1) is 0 Å². The molecule has 0 saturated heterocycles. The van der Waals surface area contributed by atoms with Crippen LogP contribution in [0.15, 0.2) is 30.3 Å². The number of aromatic nitrogens is 2. The van der Waals surface area contributed by atoms with Gasteiger partial charge >= 0.3 is 6.18 Å². The lowest BCUT2D eigenvalue weighted by Gasteiger charge is -2.28. The standard InChI is InChI=1S/C30H32F3N5O/c1-16(20-12-21(30(31,32)33)14-22(34)13-20)35-28-26-15-25(18-8-10-38(11-9-18)29(39)19-6-7-19)23-4-3-5-24(23)27(26)36-17(2)37-28/h8,12-16,19H,3-7,9-11,34H2,1-2H3,(H,35,36,37). The summed E-state index contributed by atoms with van der Waals surface area (Å²) in [4.78, 5) is 24.0. The molecule has 1 aromatic heterocycles. The molecule has 6 nitrogen and oxygen atoms in total. The van der Waals surface area contributed by atoms with Gasteiger partial charge in [-0.1, -0.05) is 6.08 Å². The number of hydrogen-bond donors (Lipinski definition) is 2. The van der Waals surface area contributed by atoms with Crippen molar-refractivity contribution in [2.45, 2.75) is 64.6 Å². The largest absolute Gasteiger partial charge is 0.416 e. The van der Waals surface area contributed by atoms with E-state index in [4.69, 9.17) is 10.7 Å². The zero-order valence-corrected chi connectivity index (χ0v) is 22.2. The molecule has 3 aliphatic rings. The van der Waals surface area contributed by atoms with E-state index in [0.717, 1.165) is 68.1 Å². The topological polar surface area (TPSA) is 84.1 Å². The molecule has 9 heteroatoms. The van der Waals surface area contributed by atoms with E-state index in [1.165, 1.54) is 22.3 Å². The van der Waals surface area contributed by atoms with Crippen LogP contribution in [-0.4, -0.2) is 33.9 Å². The van der Waals surface area contributed by atoms with Crippen molar-refractivity contribution in [3.05, 3.63) is 64.0 Å². The maximum atomic E-state index is 13.4. The van der Waals surface area contributed by atoms with Gasteiger partial charge in [-0.3, -0.25) is 4.79 Å². The minimum atomic E-state index is -4.48. The average molecular weight is 536 g/mol. The van der Waals surface area contributed by atoms with Gasteiger partial charge < -0.3 is 16.0 Å². The quantitative estimate of drug-likeness (QED) is 0.379. The Morgan fingerprint density at radius 1 is 1.10 bits per heavy atom. The molecule has 1 aliphatic heterocycles. The first-order chi connectivity index (χ1) is 18.6. The Balaban J connectivity index is 1.38. The van der Waals surface area contributed by atoms with Crippen molar-refractivity contribution in [2.75, 3.05) is 24.1 Å². The summed E-state index contributed by atoms with van der Waals surface area (Å²) in [6.07, 6.45) is 3.46. The average Bonchev–Trinajstić information content (AvgIpc) is 3.63. The zero-order valence-electron chi connectivity index (χ0n) is 22.2. The van der Waals surface area contributed by atoms with E-state index in [-0.39, 0.29) is 17.5 Å². The van der Waals surface area contributed by atoms with Crippen molar-refractivity contribution in [1.29, 1.82) is 0 Å².